The highest BCUT2D eigenvalue weighted by molar-refractivity contribution is 7.17. The zero-order valence-corrected chi connectivity index (χ0v) is 12.6. The quantitative estimate of drug-likeness (QED) is 0.782. The van der Waals surface area contributed by atoms with Gasteiger partial charge in [0, 0.05) is 35.2 Å². The van der Waals surface area contributed by atoms with Crippen molar-refractivity contribution in [1.82, 2.24) is 0 Å². The second-order valence-electron chi connectivity index (χ2n) is 5.08. The molecule has 0 aliphatic heterocycles. The molecule has 1 heterocycles. The Hall–Kier alpha value is -2.33. The van der Waals surface area contributed by atoms with Crippen molar-refractivity contribution in [2.75, 3.05) is 19.0 Å². The van der Waals surface area contributed by atoms with Crippen molar-refractivity contribution in [3.8, 4) is 11.1 Å². The number of carbonyl (C=O) groups is 1. The summed E-state index contributed by atoms with van der Waals surface area (Å²) in [7, 11) is 3.99. The van der Waals surface area contributed by atoms with Crippen LogP contribution in [0.2, 0.25) is 0 Å². The van der Waals surface area contributed by atoms with Crippen molar-refractivity contribution < 1.29 is 9.90 Å². The number of hydrogen-bond donors (Lipinski definition) is 1. The molecule has 0 radical (unpaired) electrons. The first-order chi connectivity index (χ1) is 10.1. The summed E-state index contributed by atoms with van der Waals surface area (Å²) in [5, 5.41) is 11.9. The molecule has 0 unspecified atom stereocenters. The molecular weight excluding hydrogens is 282 g/mol. The predicted molar refractivity (Wildman–Crippen MR) is 88.5 cm³/mol. The monoisotopic (exact) mass is 297 g/mol. The van der Waals surface area contributed by atoms with Gasteiger partial charge in [-0.1, -0.05) is 24.3 Å². The van der Waals surface area contributed by atoms with Crippen LogP contribution in [0.4, 0.5) is 5.69 Å². The van der Waals surface area contributed by atoms with Crippen molar-refractivity contribution in [1.29, 1.82) is 0 Å². The first kappa shape index (κ1) is 13.6. The lowest BCUT2D eigenvalue weighted by molar-refractivity contribution is 0.0699. The molecule has 0 amide bonds. The largest absolute Gasteiger partial charge is 0.478 e. The molecule has 0 aliphatic carbocycles. The number of nitrogens with zero attached hydrogens (tertiary/aromatic N) is 1. The van der Waals surface area contributed by atoms with Crippen molar-refractivity contribution in [3.63, 3.8) is 0 Å². The van der Waals surface area contributed by atoms with Crippen molar-refractivity contribution in [2.45, 2.75) is 0 Å². The van der Waals surface area contributed by atoms with Gasteiger partial charge in [-0.2, -0.15) is 0 Å². The third kappa shape index (κ3) is 2.38. The van der Waals surface area contributed by atoms with Crippen LogP contribution >= 0.6 is 11.3 Å². The van der Waals surface area contributed by atoms with Crippen molar-refractivity contribution >= 4 is 33.1 Å². The van der Waals surface area contributed by atoms with Crippen LogP contribution in [0.1, 0.15) is 10.4 Å². The number of aromatic carboxylic acids is 1. The van der Waals surface area contributed by atoms with Crippen LogP contribution in [-0.4, -0.2) is 25.2 Å². The van der Waals surface area contributed by atoms with E-state index >= 15 is 0 Å². The third-order valence-corrected chi connectivity index (χ3v) is 4.45. The number of carboxylic acids is 1. The molecule has 0 spiro atoms. The van der Waals surface area contributed by atoms with E-state index in [1.165, 1.54) is 11.3 Å². The van der Waals surface area contributed by atoms with E-state index < -0.39 is 5.97 Å². The fraction of sp³-hybridized carbons (Fsp3) is 0.118. The lowest BCUT2D eigenvalue weighted by Crippen LogP contribution is -2.08. The highest BCUT2D eigenvalue weighted by Gasteiger charge is 2.15. The van der Waals surface area contributed by atoms with Gasteiger partial charge in [0.05, 0.1) is 5.56 Å². The number of benzene rings is 2. The van der Waals surface area contributed by atoms with Crippen molar-refractivity contribution in [2.24, 2.45) is 0 Å². The smallest absolute Gasteiger partial charge is 0.337 e. The van der Waals surface area contributed by atoms with Gasteiger partial charge >= 0.3 is 5.97 Å². The summed E-state index contributed by atoms with van der Waals surface area (Å²) in [4.78, 5) is 13.5. The van der Waals surface area contributed by atoms with E-state index in [-0.39, 0.29) is 0 Å². The Balaban J connectivity index is 2.27. The van der Waals surface area contributed by atoms with E-state index in [9.17, 15) is 9.90 Å². The highest BCUT2D eigenvalue weighted by Crippen LogP contribution is 2.36. The van der Waals surface area contributed by atoms with Gasteiger partial charge in [-0.3, -0.25) is 0 Å². The van der Waals surface area contributed by atoms with Crippen LogP contribution in [-0.2, 0) is 0 Å². The zero-order chi connectivity index (χ0) is 15.0. The van der Waals surface area contributed by atoms with E-state index in [0.29, 0.717) is 5.56 Å². The summed E-state index contributed by atoms with van der Waals surface area (Å²) in [6.45, 7) is 0. The van der Waals surface area contributed by atoms with Gasteiger partial charge in [0.2, 0.25) is 0 Å². The Bertz CT molecular complexity index is 821. The Kier molecular flexibility index (Phi) is 3.39. The molecule has 3 aromatic rings. The maximum atomic E-state index is 11.4. The minimum Gasteiger partial charge on any atom is -0.478 e. The van der Waals surface area contributed by atoms with Gasteiger partial charge in [0.15, 0.2) is 0 Å². The summed E-state index contributed by atoms with van der Waals surface area (Å²) in [5.41, 5.74) is 3.47. The molecular formula is C17H15NO2S. The topological polar surface area (TPSA) is 40.5 Å². The molecule has 0 saturated heterocycles. The molecule has 0 fully saturated rings. The number of hydrogen-bond acceptors (Lipinski definition) is 3. The predicted octanol–water partition coefficient (Wildman–Crippen LogP) is 4.33. The Morgan fingerprint density at radius 1 is 1.14 bits per heavy atom. The van der Waals surface area contributed by atoms with Crippen LogP contribution in [0.3, 0.4) is 0 Å². The Morgan fingerprint density at radius 2 is 1.90 bits per heavy atom. The minimum atomic E-state index is -0.877. The van der Waals surface area contributed by atoms with Gasteiger partial charge in [-0.15, -0.1) is 11.3 Å². The maximum absolute atomic E-state index is 11.4. The van der Waals surface area contributed by atoms with E-state index in [2.05, 4.69) is 6.07 Å². The molecule has 106 valence electrons. The maximum Gasteiger partial charge on any atom is 0.337 e. The number of anilines is 1. The SMILES string of the molecule is CN(C)c1cccc(-c2cccc3scc(C(=O)O)c23)c1. The average molecular weight is 297 g/mol. The summed E-state index contributed by atoms with van der Waals surface area (Å²) >= 11 is 1.47. The Labute approximate surface area is 127 Å². The number of fused-ring (bicyclic) bond motifs is 1. The number of rotatable bonds is 3. The zero-order valence-electron chi connectivity index (χ0n) is 11.8. The van der Waals surface area contributed by atoms with Gasteiger partial charge in [0.25, 0.3) is 0 Å². The normalized spacial score (nSPS) is 10.8. The molecule has 2 aromatic carbocycles. The second-order valence-corrected chi connectivity index (χ2v) is 5.99. The molecule has 1 aromatic heterocycles. The van der Waals surface area contributed by atoms with Crippen LogP contribution < -0.4 is 4.90 Å². The van der Waals surface area contributed by atoms with Gasteiger partial charge < -0.3 is 10.0 Å². The lowest BCUT2D eigenvalue weighted by Gasteiger charge is -2.14. The van der Waals surface area contributed by atoms with Gasteiger partial charge in [-0.05, 0) is 29.3 Å². The van der Waals surface area contributed by atoms with Crippen LogP contribution in [0.5, 0.6) is 0 Å². The molecule has 21 heavy (non-hydrogen) atoms. The van der Waals surface area contributed by atoms with Gasteiger partial charge in [-0.25, -0.2) is 4.79 Å². The summed E-state index contributed by atoms with van der Waals surface area (Å²) in [5.74, 6) is -0.877. The standard InChI is InChI=1S/C17H15NO2S/c1-18(2)12-6-3-5-11(9-12)13-7-4-8-15-16(13)14(10-21-15)17(19)20/h3-10H,1-2H3,(H,19,20). The summed E-state index contributed by atoms with van der Waals surface area (Å²) in [6, 6.07) is 14.1. The minimum absolute atomic E-state index is 0.376. The van der Waals surface area contributed by atoms with E-state index in [1.54, 1.807) is 5.38 Å². The second kappa shape index (κ2) is 5.22. The average Bonchev–Trinajstić information content (AvgIpc) is 2.91. The summed E-state index contributed by atoms with van der Waals surface area (Å²) in [6.07, 6.45) is 0. The molecule has 0 saturated carbocycles. The number of thiophene rings is 1. The molecule has 1 N–H and O–H groups in total. The van der Waals surface area contributed by atoms with E-state index in [1.807, 2.05) is 55.4 Å². The molecule has 3 rings (SSSR count). The van der Waals surface area contributed by atoms with Crippen LogP contribution in [0.15, 0.2) is 47.8 Å². The van der Waals surface area contributed by atoms with E-state index in [4.69, 9.17) is 0 Å². The molecule has 0 atom stereocenters. The first-order valence-corrected chi connectivity index (χ1v) is 7.47. The fourth-order valence-electron chi connectivity index (χ4n) is 2.44. The van der Waals surface area contributed by atoms with Gasteiger partial charge in [0.1, 0.15) is 0 Å². The van der Waals surface area contributed by atoms with Crippen LogP contribution in [0.25, 0.3) is 21.2 Å². The van der Waals surface area contributed by atoms with E-state index in [0.717, 1.165) is 26.9 Å². The fourth-order valence-corrected chi connectivity index (χ4v) is 3.40. The van der Waals surface area contributed by atoms with Crippen LogP contribution in [0, 0.1) is 0 Å². The summed E-state index contributed by atoms with van der Waals surface area (Å²) < 4.78 is 1.00. The highest BCUT2D eigenvalue weighted by atomic mass is 32.1. The third-order valence-electron chi connectivity index (χ3n) is 3.50. The molecule has 0 aliphatic rings. The lowest BCUT2D eigenvalue weighted by atomic mass is 9.99. The Morgan fingerprint density at radius 3 is 2.62 bits per heavy atom. The van der Waals surface area contributed by atoms with Crippen molar-refractivity contribution in [3.05, 3.63) is 53.4 Å². The molecule has 3 nitrogen and oxygen atoms in total. The first-order valence-electron chi connectivity index (χ1n) is 6.59. The molecule has 0 bridgehead atoms. The number of carboxylic acid groups (broad SMARTS) is 1. The molecule has 4 heteroatoms.